The highest BCUT2D eigenvalue weighted by Crippen LogP contribution is 2.45. The zero-order valence-corrected chi connectivity index (χ0v) is 16.6. The number of carbonyl (C=O) groups excluding carboxylic acids is 1. The van der Waals surface area contributed by atoms with E-state index in [9.17, 15) is 22.4 Å². The lowest BCUT2D eigenvalue weighted by atomic mass is 9.79. The summed E-state index contributed by atoms with van der Waals surface area (Å²) in [5.74, 6) is -5.24. The number of piperidine rings is 1. The SMILES string of the molecule is O=C(Nc1ccc(F)c([C@@]2(CF)NC(=S)CCC2(F)F)c1)c1ccc(Br)cn1. The van der Waals surface area contributed by atoms with Crippen molar-refractivity contribution in [2.75, 3.05) is 12.0 Å². The van der Waals surface area contributed by atoms with Crippen molar-refractivity contribution in [3.63, 3.8) is 0 Å². The van der Waals surface area contributed by atoms with Gasteiger partial charge in [-0.15, -0.1) is 0 Å². The molecule has 148 valence electrons. The number of thiocarbonyl (C=S) groups is 1. The van der Waals surface area contributed by atoms with E-state index in [-0.39, 0.29) is 22.8 Å². The van der Waals surface area contributed by atoms with Crippen molar-refractivity contribution in [3.05, 3.63) is 58.1 Å². The maximum absolute atomic E-state index is 14.6. The fourth-order valence-corrected chi connectivity index (χ4v) is 3.49. The molecule has 0 aliphatic carbocycles. The van der Waals surface area contributed by atoms with Gasteiger partial charge in [-0.1, -0.05) is 12.2 Å². The van der Waals surface area contributed by atoms with E-state index in [0.29, 0.717) is 4.47 Å². The summed E-state index contributed by atoms with van der Waals surface area (Å²) in [6, 6.07) is 6.12. The minimum atomic E-state index is -3.58. The number of nitrogens with zero attached hydrogens (tertiary/aromatic N) is 1. The summed E-state index contributed by atoms with van der Waals surface area (Å²) < 4.78 is 58.3. The van der Waals surface area contributed by atoms with Crippen LogP contribution in [0.5, 0.6) is 0 Å². The van der Waals surface area contributed by atoms with Crippen LogP contribution in [0.4, 0.5) is 23.2 Å². The summed E-state index contributed by atoms with van der Waals surface area (Å²) >= 11 is 8.12. The van der Waals surface area contributed by atoms with Crippen LogP contribution < -0.4 is 10.6 Å². The lowest BCUT2D eigenvalue weighted by molar-refractivity contribution is -0.109. The average molecular weight is 476 g/mol. The fraction of sp³-hybridized carbons (Fsp3) is 0.278. The van der Waals surface area contributed by atoms with Crippen molar-refractivity contribution in [1.82, 2.24) is 10.3 Å². The number of rotatable bonds is 4. The number of hydrogen-bond donors (Lipinski definition) is 2. The van der Waals surface area contributed by atoms with E-state index in [1.807, 2.05) is 0 Å². The predicted molar refractivity (Wildman–Crippen MR) is 104 cm³/mol. The van der Waals surface area contributed by atoms with Crippen LogP contribution in [0, 0.1) is 5.82 Å². The largest absolute Gasteiger partial charge is 0.363 e. The molecule has 1 aromatic heterocycles. The number of alkyl halides is 3. The summed E-state index contributed by atoms with van der Waals surface area (Å²) in [5, 5.41) is 4.73. The van der Waals surface area contributed by atoms with E-state index in [2.05, 4.69) is 31.5 Å². The molecule has 10 heteroatoms. The Labute approximate surface area is 171 Å². The first kappa shape index (κ1) is 20.7. The quantitative estimate of drug-likeness (QED) is 0.495. The number of amides is 1. The number of anilines is 1. The standard InChI is InChI=1S/C18H14BrF4N3OS/c19-10-1-4-14(24-8-10)16(27)25-11-2-3-13(21)12(7-11)17(9-20)18(22,23)6-5-15(28)26-17/h1-4,7-8H,5-6,9H2,(H,25,27)(H,26,28)/t17-/m1/s1. The molecule has 1 saturated heterocycles. The van der Waals surface area contributed by atoms with Gasteiger partial charge in [0.25, 0.3) is 11.8 Å². The van der Waals surface area contributed by atoms with Gasteiger partial charge in [0.1, 0.15) is 18.2 Å². The number of carbonyl (C=O) groups is 1. The summed E-state index contributed by atoms with van der Waals surface area (Å²) in [6.07, 6.45) is 0.579. The molecule has 0 spiro atoms. The topological polar surface area (TPSA) is 54.0 Å². The Bertz CT molecular complexity index is 926. The minimum absolute atomic E-state index is 0.0213. The van der Waals surface area contributed by atoms with Crippen LogP contribution in [-0.2, 0) is 5.54 Å². The van der Waals surface area contributed by atoms with Crippen LogP contribution in [0.3, 0.4) is 0 Å². The predicted octanol–water partition coefficient (Wildman–Crippen LogP) is 4.75. The average Bonchev–Trinajstić information content (AvgIpc) is 2.66. The Balaban J connectivity index is 1.97. The summed E-state index contributed by atoms with van der Waals surface area (Å²) in [5.41, 5.74) is -3.16. The zero-order valence-electron chi connectivity index (χ0n) is 14.2. The van der Waals surface area contributed by atoms with Gasteiger partial charge in [0, 0.05) is 34.8 Å². The second kappa shape index (κ2) is 7.75. The zero-order chi connectivity index (χ0) is 20.5. The van der Waals surface area contributed by atoms with Crippen molar-refractivity contribution in [2.24, 2.45) is 0 Å². The summed E-state index contributed by atoms with van der Waals surface area (Å²) in [6.45, 7) is -1.58. The van der Waals surface area contributed by atoms with E-state index in [1.54, 1.807) is 6.07 Å². The second-order valence-electron chi connectivity index (χ2n) is 6.30. The van der Waals surface area contributed by atoms with Crippen molar-refractivity contribution >= 4 is 44.7 Å². The van der Waals surface area contributed by atoms with Gasteiger partial charge in [-0.25, -0.2) is 22.5 Å². The van der Waals surface area contributed by atoms with E-state index < -0.39 is 41.8 Å². The number of benzene rings is 1. The lowest BCUT2D eigenvalue weighted by Gasteiger charge is -2.44. The van der Waals surface area contributed by atoms with Gasteiger partial charge in [-0.3, -0.25) is 4.79 Å². The van der Waals surface area contributed by atoms with Gasteiger partial charge in [0.2, 0.25) is 0 Å². The van der Waals surface area contributed by atoms with E-state index >= 15 is 0 Å². The first-order valence-corrected chi connectivity index (χ1v) is 9.36. The monoisotopic (exact) mass is 475 g/mol. The molecule has 2 aromatic rings. The van der Waals surface area contributed by atoms with E-state index in [1.165, 1.54) is 18.3 Å². The Morgan fingerprint density at radius 2 is 2.07 bits per heavy atom. The second-order valence-corrected chi connectivity index (χ2v) is 7.71. The lowest BCUT2D eigenvalue weighted by Crippen LogP contribution is -2.62. The summed E-state index contributed by atoms with van der Waals surface area (Å²) in [4.78, 5) is 16.2. The van der Waals surface area contributed by atoms with Crippen LogP contribution in [0.25, 0.3) is 0 Å². The van der Waals surface area contributed by atoms with Crippen LogP contribution >= 0.6 is 28.1 Å². The number of halogens is 5. The molecule has 2 heterocycles. The highest BCUT2D eigenvalue weighted by Gasteiger charge is 2.58. The Kier molecular flexibility index (Phi) is 5.72. The van der Waals surface area contributed by atoms with Crippen LogP contribution in [0.2, 0.25) is 0 Å². The van der Waals surface area contributed by atoms with Crippen LogP contribution in [0.15, 0.2) is 41.0 Å². The molecule has 0 bridgehead atoms. The Morgan fingerprint density at radius 3 is 2.71 bits per heavy atom. The molecule has 0 radical (unpaired) electrons. The third-order valence-electron chi connectivity index (χ3n) is 4.49. The van der Waals surface area contributed by atoms with Gasteiger partial charge in [-0.05, 0) is 46.3 Å². The molecule has 1 fully saturated rings. The molecule has 1 aromatic carbocycles. The van der Waals surface area contributed by atoms with E-state index in [0.717, 1.165) is 12.1 Å². The van der Waals surface area contributed by atoms with Crippen molar-refractivity contribution in [3.8, 4) is 0 Å². The van der Waals surface area contributed by atoms with Gasteiger partial charge in [0.15, 0.2) is 5.54 Å². The maximum atomic E-state index is 14.6. The highest BCUT2D eigenvalue weighted by molar-refractivity contribution is 9.10. The molecular formula is C18H14BrF4N3OS. The molecule has 0 unspecified atom stereocenters. The van der Waals surface area contributed by atoms with Crippen molar-refractivity contribution in [1.29, 1.82) is 0 Å². The third-order valence-corrected chi connectivity index (χ3v) is 5.26. The Hall–Kier alpha value is -2.07. The van der Waals surface area contributed by atoms with Crippen molar-refractivity contribution < 1.29 is 22.4 Å². The minimum Gasteiger partial charge on any atom is -0.363 e. The number of nitrogens with one attached hydrogen (secondary N) is 2. The smallest absolute Gasteiger partial charge is 0.277 e. The highest BCUT2D eigenvalue weighted by atomic mass is 79.9. The normalized spacial score (nSPS) is 21.1. The molecule has 1 amide bonds. The summed E-state index contributed by atoms with van der Waals surface area (Å²) in [7, 11) is 0. The maximum Gasteiger partial charge on any atom is 0.277 e. The van der Waals surface area contributed by atoms with Crippen LogP contribution in [0.1, 0.15) is 28.9 Å². The molecule has 0 saturated carbocycles. The molecule has 2 N–H and O–H groups in total. The van der Waals surface area contributed by atoms with Gasteiger partial charge in [-0.2, -0.15) is 0 Å². The number of hydrogen-bond acceptors (Lipinski definition) is 3. The molecule has 4 nitrogen and oxygen atoms in total. The van der Waals surface area contributed by atoms with Gasteiger partial charge < -0.3 is 10.6 Å². The van der Waals surface area contributed by atoms with Crippen molar-refractivity contribution in [2.45, 2.75) is 24.3 Å². The number of aromatic nitrogens is 1. The molecule has 1 aliphatic heterocycles. The van der Waals surface area contributed by atoms with Crippen LogP contribution in [-0.4, -0.2) is 28.5 Å². The molecule has 28 heavy (non-hydrogen) atoms. The third kappa shape index (κ3) is 3.75. The Morgan fingerprint density at radius 1 is 1.32 bits per heavy atom. The first-order chi connectivity index (χ1) is 13.2. The fourth-order valence-electron chi connectivity index (χ4n) is 2.98. The first-order valence-electron chi connectivity index (χ1n) is 8.16. The van der Waals surface area contributed by atoms with Gasteiger partial charge >= 0.3 is 0 Å². The van der Waals surface area contributed by atoms with E-state index in [4.69, 9.17) is 12.2 Å². The molecule has 1 aliphatic rings. The molecule has 3 rings (SSSR count). The molecule has 1 atom stereocenters. The molecular weight excluding hydrogens is 462 g/mol. The van der Waals surface area contributed by atoms with Gasteiger partial charge in [0.05, 0.1) is 4.99 Å². The number of pyridine rings is 1.